The van der Waals surface area contributed by atoms with Gasteiger partial charge in [-0.25, -0.2) is 0 Å². The third kappa shape index (κ3) is 4.33. The summed E-state index contributed by atoms with van der Waals surface area (Å²) in [6.07, 6.45) is 1.94. The zero-order chi connectivity index (χ0) is 17.5. The lowest BCUT2D eigenvalue weighted by atomic mass is 9.67. The van der Waals surface area contributed by atoms with E-state index in [9.17, 15) is 0 Å². The number of hydrogen-bond acceptors (Lipinski definition) is 4. The fourth-order valence-corrected chi connectivity index (χ4v) is 3.14. The van der Waals surface area contributed by atoms with Crippen molar-refractivity contribution in [2.24, 2.45) is 5.41 Å². The van der Waals surface area contributed by atoms with Crippen molar-refractivity contribution in [1.29, 1.82) is 0 Å². The van der Waals surface area contributed by atoms with E-state index in [1.54, 1.807) is 0 Å². The van der Waals surface area contributed by atoms with E-state index in [0.29, 0.717) is 11.6 Å². The van der Waals surface area contributed by atoms with Crippen molar-refractivity contribution >= 4 is 14.2 Å². The van der Waals surface area contributed by atoms with Crippen LogP contribution < -0.4 is 0 Å². The van der Waals surface area contributed by atoms with Crippen molar-refractivity contribution in [3.8, 4) is 0 Å². The molecule has 0 aromatic carbocycles. The Kier molecular flexibility index (Phi) is 5.62. The molecule has 2 fully saturated rings. The maximum Gasteiger partial charge on any atom is 0.460 e. The summed E-state index contributed by atoms with van der Waals surface area (Å²) >= 11 is 0. The topological polar surface area (TPSA) is 36.9 Å². The summed E-state index contributed by atoms with van der Waals surface area (Å²) in [4.78, 5) is 0. The van der Waals surface area contributed by atoms with Gasteiger partial charge < -0.3 is 18.6 Å². The molecule has 2 rings (SSSR count). The van der Waals surface area contributed by atoms with E-state index in [2.05, 4.69) is 55.4 Å². The summed E-state index contributed by atoms with van der Waals surface area (Å²) in [5.41, 5.74) is -0.431. The molecule has 0 amide bonds. The molecule has 23 heavy (non-hydrogen) atoms. The summed E-state index contributed by atoms with van der Waals surface area (Å²) in [7, 11) is -0.216. The second-order valence-electron chi connectivity index (χ2n) is 9.26. The van der Waals surface area contributed by atoms with Crippen LogP contribution in [0.5, 0.6) is 0 Å². The van der Waals surface area contributed by atoms with E-state index in [0.717, 1.165) is 26.1 Å². The minimum Gasteiger partial charge on any atom is -0.410 e. The van der Waals surface area contributed by atoms with Crippen LogP contribution in [0.15, 0.2) is 0 Å². The molecule has 0 aromatic rings. The van der Waals surface area contributed by atoms with Crippen molar-refractivity contribution in [2.45, 2.75) is 91.1 Å². The molecule has 0 radical (unpaired) electrons. The Morgan fingerprint density at radius 1 is 0.870 bits per heavy atom. The summed E-state index contributed by atoms with van der Waals surface area (Å²) < 4.78 is 24.3. The molecule has 0 saturated carbocycles. The van der Waals surface area contributed by atoms with Crippen LogP contribution in [0.3, 0.4) is 0 Å². The lowest BCUT2D eigenvalue weighted by Crippen LogP contribution is -2.46. The van der Waals surface area contributed by atoms with Gasteiger partial charge in [0.1, 0.15) is 0 Å². The molecule has 6 heteroatoms. The average molecular weight is 324 g/mol. The van der Waals surface area contributed by atoms with Gasteiger partial charge in [0.2, 0.25) is 0 Å². The van der Waals surface area contributed by atoms with Crippen LogP contribution in [0.1, 0.15) is 68.2 Å². The standard InChI is InChI=1S/C17H34B2O4/c1-13(2)18-22-16(6,7)17(8,23-18)10-9-14(3)19-20-11-15(4,5)12-21-19/h13-14H,9-12H2,1-8H3. The molecule has 2 aliphatic rings. The first-order chi connectivity index (χ1) is 10.5. The van der Waals surface area contributed by atoms with Gasteiger partial charge in [0.25, 0.3) is 0 Å². The van der Waals surface area contributed by atoms with Gasteiger partial charge in [0, 0.05) is 18.6 Å². The molecule has 0 aromatic heterocycles. The zero-order valence-corrected chi connectivity index (χ0v) is 16.3. The summed E-state index contributed by atoms with van der Waals surface area (Å²) in [6.45, 7) is 18.8. The van der Waals surface area contributed by atoms with Gasteiger partial charge in [-0.05, 0) is 45.2 Å². The van der Waals surface area contributed by atoms with Gasteiger partial charge in [-0.2, -0.15) is 0 Å². The van der Waals surface area contributed by atoms with E-state index < -0.39 is 0 Å². The van der Waals surface area contributed by atoms with E-state index in [1.807, 2.05) is 0 Å². The van der Waals surface area contributed by atoms with Gasteiger partial charge in [-0.1, -0.05) is 34.6 Å². The van der Waals surface area contributed by atoms with Crippen molar-refractivity contribution in [3.63, 3.8) is 0 Å². The minimum absolute atomic E-state index is 0.0991. The predicted octanol–water partition coefficient (Wildman–Crippen LogP) is 4.20. The van der Waals surface area contributed by atoms with E-state index in [1.165, 1.54) is 0 Å². The molecule has 2 atom stereocenters. The maximum absolute atomic E-state index is 6.29. The van der Waals surface area contributed by atoms with Crippen LogP contribution in [-0.4, -0.2) is 38.7 Å². The highest BCUT2D eigenvalue weighted by molar-refractivity contribution is 6.47. The van der Waals surface area contributed by atoms with Crippen molar-refractivity contribution in [2.75, 3.05) is 13.2 Å². The van der Waals surface area contributed by atoms with Crippen LogP contribution in [0.4, 0.5) is 0 Å². The Balaban J connectivity index is 1.89. The quantitative estimate of drug-likeness (QED) is 0.710. The summed E-state index contributed by atoms with van der Waals surface area (Å²) in [5.74, 6) is 0.709. The minimum atomic E-state index is -0.280. The fourth-order valence-electron chi connectivity index (χ4n) is 3.14. The lowest BCUT2D eigenvalue weighted by molar-refractivity contribution is -0.0189. The monoisotopic (exact) mass is 324 g/mol. The third-order valence-electron chi connectivity index (χ3n) is 5.42. The van der Waals surface area contributed by atoms with Gasteiger partial charge in [-0.3, -0.25) is 0 Å². The predicted molar refractivity (Wildman–Crippen MR) is 95.6 cm³/mol. The summed E-state index contributed by atoms with van der Waals surface area (Å²) in [6, 6.07) is 0. The second-order valence-corrected chi connectivity index (χ2v) is 9.26. The Labute approximate surface area is 143 Å². The molecule has 0 bridgehead atoms. The highest BCUT2D eigenvalue weighted by atomic mass is 16.7. The second kappa shape index (κ2) is 6.70. The van der Waals surface area contributed by atoms with Gasteiger partial charge in [0.05, 0.1) is 11.2 Å². The Morgan fingerprint density at radius 2 is 1.43 bits per heavy atom. The SMILES string of the molecule is CC(C)B1OC(C)(C)C(C)(CCC(C)B2OCC(C)(C)CO2)O1. The van der Waals surface area contributed by atoms with Crippen LogP contribution in [-0.2, 0) is 18.6 Å². The number of rotatable bonds is 5. The van der Waals surface area contributed by atoms with Gasteiger partial charge in [0.15, 0.2) is 0 Å². The molecule has 2 saturated heterocycles. The average Bonchev–Trinajstić information content (AvgIpc) is 2.67. The van der Waals surface area contributed by atoms with Crippen LogP contribution in [0.25, 0.3) is 0 Å². The van der Waals surface area contributed by atoms with Crippen LogP contribution >= 0.6 is 0 Å². The third-order valence-corrected chi connectivity index (χ3v) is 5.42. The highest BCUT2D eigenvalue weighted by Crippen LogP contribution is 2.44. The Hall–Kier alpha value is -0.0301. The Morgan fingerprint density at radius 3 is 1.91 bits per heavy atom. The molecule has 0 N–H and O–H groups in total. The largest absolute Gasteiger partial charge is 0.460 e. The molecular weight excluding hydrogens is 290 g/mol. The summed E-state index contributed by atoms with van der Waals surface area (Å²) in [5, 5.41) is 0. The molecule has 2 unspecified atom stereocenters. The Bertz CT molecular complexity index is 403. The van der Waals surface area contributed by atoms with Crippen molar-refractivity contribution in [1.82, 2.24) is 0 Å². The fraction of sp³-hybridized carbons (Fsp3) is 1.00. The highest BCUT2D eigenvalue weighted by Gasteiger charge is 2.54. The maximum atomic E-state index is 6.29. The van der Waals surface area contributed by atoms with Crippen molar-refractivity contribution < 1.29 is 18.6 Å². The molecule has 0 aliphatic carbocycles. The van der Waals surface area contributed by atoms with Crippen LogP contribution in [0.2, 0.25) is 11.6 Å². The molecule has 132 valence electrons. The first kappa shape index (κ1) is 19.3. The van der Waals surface area contributed by atoms with Crippen molar-refractivity contribution in [3.05, 3.63) is 0 Å². The number of hydrogen-bond donors (Lipinski definition) is 0. The van der Waals surface area contributed by atoms with Gasteiger partial charge in [-0.15, -0.1) is 0 Å². The molecule has 2 heterocycles. The first-order valence-electron chi connectivity index (χ1n) is 9.05. The molecular formula is C17H34B2O4. The normalized spacial score (nSPS) is 31.7. The smallest absolute Gasteiger partial charge is 0.410 e. The molecule has 4 nitrogen and oxygen atoms in total. The zero-order valence-electron chi connectivity index (χ0n) is 16.3. The van der Waals surface area contributed by atoms with Gasteiger partial charge >= 0.3 is 14.2 Å². The lowest BCUT2D eigenvalue weighted by Gasteiger charge is -2.39. The first-order valence-corrected chi connectivity index (χ1v) is 9.05. The molecule has 0 spiro atoms. The van der Waals surface area contributed by atoms with E-state index >= 15 is 0 Å². The van der Waals surface area contributed by atoms with Crippen LogP contribution in [0, 0.1) is 5.41 Å². The van der Waals surface area contributed by atoms with E-state index in [4.69, 9.17) is 18.6 Å². The molecule has 2 aliphatic heterocycles. The van der Waals surface area contributed by atoms with E-state index in [-0.39, 0.29) is 30.9 Å².